The second-order valence-corrected chi connectivity index (χ2v) is 3.34. The van der Waals surface area contributed by atoms with Gasteiger partial charge in [-0.25, -0.2) is 0 Å². The first kappa shape index (κ1) is 11.5. The Hall–Kier alpha value is -1.55. The number of hydrogen-bond acceptors (Lipinski definition) is 3. The molecule has 0 aromatic heterocycles. The Balaban J connectivity index is 2.87. The predicted octanol–water partition coefficient (Wildman–Crippen LogP) is 1.89. The van der Waals surface area contributed by atoms with Gasteiger partial charge in [-0.2, -0.15) is 0 Å². The van der Waals surface area contributed by atoms with E-state index in [1.165, 1.54) is 19.1 Å². The van der Waals surface area contributed by atoms with E-state index in [4.69, 9.17) is 21.4 Å². The van der Waals surface area contributed by atoms with E-state index in [9.17, 15) is 9.59 Å². The Kier molecular flexibility index (Phi) is 3.68. The number of ether oxygens (including phenoxy) is 1. The molecule has 80 valence electrons. The average Bonchev–Trinajstić information content (AvgIpc) is 2.08. The van der Waals surface area contributed by atoms with Gasteiger partial charge in [0, 0.05) is 6.92 Å². The van der Waals surface area contributed by atoms with Gasteiger partial charge in [-0.05, 0) is 17.7 Å². The molecule has 0 aliphatic rings. The zero-order chi connectivity index (χ0) is 11.4. The van der Waals surface area contributed by atoms with Crippen LogP contribution in [0.5, 0.6) is 5.75 Å². The molecule has 1 N–H and O–H groups in total. The molecule has 0 fully saturated rings. The number of rotatable bonds is 3. The third-order valence-corrected chi connectivity index (χ3v) is 1.90. The van der Waals surface area contributed by atoms with Crippen molar-refractivity contribution in [3.63, 3.8) is 0 Å². The molecular weight excluding hydrogens is 220 g/mol. The van der Waals surface area contributed by atoms with E-state index in [1.807, 2.05) is 0 Å². The number of esters is 1. The number of hydrogen-bond donors (Lipinski definition) is 1. The van der Waals surface area contributed by atoms with E-state index < -0.39 is 11.9 Å². The summed E-state index contributed by atoms with van der Waals surface area (Å²) >= 11 is 5.79. The molecule has 0 bridgehead atoms. The van der Waals surface area contributed by atoms with E-state index >= 15 is 0 Å². The van der Waals surface area contributed by atoms with Crippen LogP contribution in [0.1, 0.15) is 12.5 Å². The molecule has 0 aliphatic heterocycles. The number of benzene rings is 1. The summed E-state index contributed by atoms with van der Waals surface area (Å²) in [5.41, 5.74) is 0.559. The van der Waals surface area contributed by atoms with Gasteiger partial charge in [-0.1, -0.05) is 17.7 Å². The number of carbonyl (C=O) groups is 2. The Labute approximate surface area is 91.4 Å². The van der Waals surface area contributed by atoms with Crippen molar-refractivity contribution in [2.45, 2.75) is 13.3 Å². The lowest BCUT2D eigenvalue weighted by atomic mass is 10.1. The van der Waals surface area contributed by atoms with Gasteiger partial charge in [-0.3, -0.25) is 9.59 Å². The van der Waals surface area contributed by atoms with Crippen molar-refractivity contribution in [2.75, 3.05) is 0 Å². The van der Waals surface area contributed by atoms with Gasteiger partial charge in [0.25, 0.3) is 0 Å². The molecule has 1 aromatic carbocycles. The second kappa shape index (κ2) is 4.79. The van der Waals surface area contributed by atoms with E-state index in [1.54, 1.807) is 6.07 Å². The number of carbonyl (C=O) groups excluding carboxylic acids is 1. The third kappa shape index (κ3) is 3.59. The van der Waals surface area contributed by atoms with Crippen molar-refractivity contribution >= 4 is 23.5 Å². The Morgan fingerprint density at radius 2 is 2.13 bits per heavy atom. The molecule has 0 saturated carbocycles. The maximum atomic E-state index is 10.7. The average molecular weight is 229 g/mol. The highest BCUT2D eigenvalue weighted by Crippen LogP contribution is 2.25. The molecule has 0 aliphatic carbocycles. The first-order valence-electron chi connectivity index (χ1n) is 4.17. The van der Waals surface area contributed by atoms with E-state index in [0.717, 1.165) is 0 Å². The maximum absolute atomic E-state index is 10.7. The molecule has 1 aromatic rings. The van der Waals surface area contributed by atoms with Crippen LogP contribution in [-0.4, -0.2) is 17.0 Å². The van der Waals surface area contributed by atoms with Gasteiger partial charge in [0.2, 0.25) is 0 Å². The summed E-state index contributed by atoms with van der Waals surface area (Å²) in [4.78, 5) is 21.1. The number of halogens is 1. The zero-order valence-electron chi connectivity index (χ0n) is 7.99. The smallest absolute Gasteiger partial charge is 0.308 e. The molecule has 0 spiro atoms. The monoisotopic (exact) mass is 228 g/mol. The number of aliphatic carboxylic acids is 1. The molecule has 15 heavy (non-hydrogen) atoms. The largest absolute Gasteiger partial charge is 0.481 e. The molecular formula is C10H9ClO4. The van der Waals surface area contributed by atoms with Crippen LogP contribution >= 0.6 is 11.6 Å². The molecule has 0 saturated heterocycles. The minimum atomic E-state index is -0.939. The van der Waals surface area contributed by atoms with Crippen LogP contribution in [0.25, 0.3) is 0 Å². The first-order valence-corrected chi connectivity index (χ1v) is 4.55. The van der Waals surface area contributed by atoms with Crippen molar-refractivity contribution < 1.29 is 19.4 Å². The zero-order valence-corrected chi connectivity index (χ0v) is 8.75. The van der Waals surface area contributed by atoms with Crippen molar-refractivity contribution in [3.8, 4) is 5.75 Å². The number of carboxylic acid groups (broad SMARTS) is 1. The second-order valence-electron chi connectivity index (χ2n) is 2.93. The summed E-state index contributed by atoms with van der Waals surface area (Å²) in [6, 6.07) is 4.49. The van der Waals surface area contributed by atoms with Gasteiger partial charge in [0.15, 0.2) is 0 Å². The lowest BCUT2D eigenvalue weighted by molar-refractivity contribution is -0.136. The third-order valence-electron chi connectivity index (χ3n) is 1.61. The summed E-state index contributed by atoms with van der Waals surface area (Å²) in [7, 11) is 0. The summed E-state index contributed by atoms with van der Waals surface area (Å²) in [6.45, 7) is 1.27. The summed E-state index contributed by atoms with van der Waals surface area (Å²) in [5, 5.41) is 8.77. The molecule has 1 rings (SSSR count). The Morgan fingerprint density at radius 1 is 1.47 bits per heavy atom. The normalized spacial score (nSPS) is 9.73. The molecule has 0 atom stereocenters. The minimum absolute atomic E-state index is 0.111. The van der Waals surface area contributed by atoms with Gasteiger partial charge in [-0.15, -0.1) is 0 Å². The number of carboxylic acids is 1. The fraction of sp³-hybridized carbons (Fsp3) is 0.200. The predicted molar refractivity (Wildman–Crippen MR) is 54.1 cm³/mol. The first-order chi connectivity index (χ1) is 6.99. The summed E-state index contributed by atoms with van der Waals surface area (Å²) in [5.74, 6) is -1.17. The molecule has 5 heteroatoms. The standard InChI is InChI=1S/C10H9ClO4/c1-6(12)15-9-3-2-7(4-8(9)11)5-10(13)14/h2-4H,5H2,1H3,(H,13,14). The fourth-order valence-electron chi connectivity index (χ4n) is 1.07. The van der Waals surface area contributed by atoms with Crippen LogP contribution < -0.4 is 4.74 Å². The highest BCUT2D eigenvalue weighted by atomic mass is 35.5. The fourth-order valence-corrected chi connectivity index (χ4v) is 1.31. The summed E-state index contributed by atoms with van der Waals surface area (Å²) < 4.78 is 4.79. The molecule has 4 nitrogen and oxygen atoms in total. The van der Waals surface area contributed by atoms with Crippen molar-refractivity contribution in [2.24, 2.45) is 0 Å². The van der Waals surface area contributed by atoms with Crippen LogP contribution in [0.4, 0.5) is 0 Å². The van der Waals surface area contributed by atoms with Gasteiger partial charge >= 0.3 is 11.9 Å². The molecule has 0 radical (unpaired) electrons. The van der Waals surface area contributed by atoms with Gasteiger partial charge in [0.05, 0.1) is 11.4 Å². The van der Waals surface area contributed by atoms with E-state index in [-0.39, 0.29) is 17.2 Å². The quantitative estimate of drug-likeness (QED) is 0.634. The minimum Gasteiger partial charge on any atom is -0.481 e. The van der Waals surface area contributed by atoms with Crippen molar-refractivity contribution in [1.82, 2.24) is 0 Å². The Bertz CT molecular complexity index is 400. The SMILES string of the molecule is CC(=O)Oc1ccc(CC(=O)O)cc1Cl. The van der Waals surface area contributed by atoms with Crippen LogP contribution in [0, 0.1) is 0 Å². The van der Waals surface area contributed by atoms with Crippen LogP contribution in [-0.2, 0) is 16.0 Å². The Morgan fingerprint density at radius 3 is 2.60 bits per heavy atom. The lowest BCUT2D eigenvalue weighted by Crippen LogP contribution is -2.03. The highest BCUT2D eigenvalue weighted by molar-refractivity contribution is 6.32. The highest BCUT2D eigenvalue weighted by Gasteiger charge is 2.07. The van der Waals surface area contributed by atoms with E-state index in [0.29, 0.717) is 5.56 Å². The molecule has 0 unspecified atom stereocenters. The van der Waals surface area contributed by atoms with Gasteiger partial charge < -0.3 is 9.84 Å². The van der Waals surface area contributed by atoms with Crippen LogP contribution in [0.15, 0.2) is 18.2 Å². The van der Waals surface area contributed by atoms with Crippen molar-refractivity contribution in [3.05, 3.63) is 28.8 Å². The summed E-state index contributed by atoms with van der Waals surface area (Å²) in [6.07, 6.45) is -0.111. The lowest BCUT2D eigenvalue weighted by Gasteiger charge is -2.05. The van der Waals surface area contributed by atoms with Crippen LogP contribution in [0.3, 0.4) is 0 Å². The molecule has 0 heterocycles. The maximum Gasteiger partial charge on any atom is 0.308 e. The van der Waals surface area contributed by atoms with Gasteiger partial charge in [0.1, 0.15) is 5.75 Å². The van der Waals surface area contributed by atoms with E-state index in [2.05, 4.69) is 0 Å². The van der Waals surface area contributed by atoms with Crippen LogP contribution in [0.2, 0.25) is 5.02 Å². The van der Waals surface area contributed by atoms with Crippen molar-refractivity contribution in [1.29, 1.82) is 0 Å². The topological polar surface area (TPSA) is 63.6 Å². The molecule has 0 amide bonds.